The molecule has 0 bridgehead atoms. The van der Waals surface area contributed by atoms with E-state index >= 15 is 0 Å². The summed E-state index contributed by atoms with van der Waals surface area (Å²) in [6.45, 7) is 5.22. The fourth-order valence-corrected chi connectivity index (χ4v) is 3.35. The lowest BCUT2D eigenvalue weighted by Gasteiger charge is -2.39. The number of likely N-dealkylation sites (tertiary alicyclic amines) is 1. The second-order valence-electron chi connectivity index (χ2n) is 6.37. The van der Waals surface area contributed by atoms with Gasteiger partial charge < -0.3 is 14.7 Å². The highest BCUT2D eigenvalue weighted by molar-refractivity contribution is 5.79. The first-order valence-corrected chi connectivity index (χ1v) is 8.11. The average Bonchev–Trinajstić information content (AvgIpc) is 2.56. The third-order valence-corrected chi connectivity index (χ3v) is 4.85. The van der Waals surface area contributed by atoms with Gasteiger partial charge in [0.15, 0.2) is 0 Å². The maximum Gasteiger partial charge on any atom is 0.225 e. The normalized spacial score (nSPS) is 21.2. The summed E-state index contributed by atoms with van der Waals surface area (Å²) in [4.78, 5) is 19.1. The standard InChI is InChI=1S/C17H24FN3O/c1-19-8-6-14(7-9-19)17(22)21-12-10-20(11-13-21)16-4-2-15(18)3-5-16/h2-5,14H,6-13H2,1H3. The zero-order chi connectivity index (χ0) is 15.5. The van der Waals surface area contributed by atoms with Crippen molar-refractivity contribution in [3.05, 3.63) is 30.1 Å². The van der Waals surface area contributed by atoms with E-state index < -0.39 is 0 Å². The smallest absolute Gasteiger partial charge is 0.225 e. The molecule has 3 rings (SSSR count). The molecule has 2 aliphatic heterocycles. The van der Waals surface area contributed by atoms with E-state index in [-0.39, 0.29) is 11.7 Å². The molecule has 22 heavy (non-hydrogen) atoms. The van der Waals surface area contributed by atoms with Crippen LogP contribution in [0.15, 0.2) is 24.3 Å². The fraction of sp³-hybridized carbons (Fsp3) is 0.588. The lowest BCUT2D eigenvalue weighted by molar-refractivity contribution is -0.137. The lowest BCUT2D eigenvalue weighted by atomic mass is 9.95. The molecule has 1 amide bonds. The van der Waals surface area contributed by atoms with Gasteiger partial charge in [-0.25, -0.2) is 4.39 Å². The molecule has 0 unspecified atom stereocenters. The van der Waals surface area contributed by atoms with Crippen LogP contribution in [-0.2, 0) is 4.79 Å². The number of hydrogen-bond donors (Lipinski definition) is 0. The van der Waals surface area contributed by atoms with Gasteiger partial charge in [0.25, 0.3) is 0 Å². The van der Waals surface area contributed by atoms with Crippen LogP contribution in [-0.4, -0.2) is 62.0 Å². The predicted molar refractivity (Wildman–Crippen MR) is 85.4 cm³/mol. The molecule has 5 heteroatoms. The highest BCUT2D eigenvalue weighted by atomic mass is 19.1. The minimum atomic E-state index is -0.208. The van der Waals surface area contributed by atoms with Crippen molar-refractivity contribution in [1.29, 1.82) is 0 Å². The van der Waals surface area contributed by atoms with E-state index in [1.54, 1.807) is 0 Å². The number of hydrogen-bond acceptors (Lipinski definition) is 3. The van der Waals surface area contributed by atoms with Crippen LogP contribution >= 0.6 is 0 Å². The van der Waals surface area contributed by atoms with E-state index in [1.165, 1.54) is 12.1 Å². The minimum Gasteiger partial charge on any atom is -0.368 e. The number of piperazine rings is 1. The van der Waals surface area contributed by atoms with Crippen molar-refractivity contribution in [2.75, 3.05) is 51.2 Å². The van der Waals surface area contributed by atoms with Crippen molar-refractivity contribution in [2.24, 2.45) is 5.92 Å². The van der Waals surface area contributed by atoms with Crippen molar-refractivity contribution in [3.8, 4) is 0 Å². The molecule has 1 aromatic rings. The third kappa shape index (κ3) is 3.40. The Kier molecular flexibility index (Phi) is 4.62. The monoisotopic (exact) mass is 305 g/mol. The zero-order valence-corrected chi connectivity index (χ0v) is 13.2. The molecule has 0 N–H and O–H groups in total. The van der Waals surface area contributed by atoms with Crippen molar-refractivity contribution in [1.82, 2.24) is 9.80 Å². The summed E-state index contributed by atoms with van der Waals surface area (Å²) in [5.74, 6) is 0.320. The van der Waals surface area contributed by atoms with Crippen molar-refractivity contribution in [3.63, 3.8) is 0 Å². The summed E-state index contributed by atoms with van der Waals surface area (Å²) in [7, 11) is 2.11. The Morgan fingerprint density at radius 2 is 1.59 bits per heavy atom. The van der Waals surface area contributed by atoms with Gasteiger partial charge in [-0.3, -0.25) is 4.79 Å². The van der Waals surface area contributed by atoms with Gasteiger partial charge >= 0.3 is 0 Å². The average molecular weight is 305 g/mol. The van der Waals surface area contributed by atoms with Crippen molar-refractivity contribution < 1.29 is 9.18 Å². The molecule has 120 valence electrons. The van der Waals surface area contributed by atoms with Gasteiger partial charge in [0, 0.05) is 37.8 Å². The first kappa shape index (κ1) is 15.3. The van der Waals surface area contributed by atoms with Crippen LogP contribution in [0.25, 0.3) is 0 Å². The molecule has 2 saturated heterocycles. The maximum atomic E-state index is 13.0. The highest BCUT2D eigenvalue weighted by Gasteiger charge is 2.29. The topological polar surface area (TPSA) is 26.8 Å². The molecular weight excluding hydrogens is 281 g/mol. The van der Waals surface area contributed by atoms with Crippen molar-refractivity contribution >= 4 is 11.6 Å². The molecular formula is C17H24FN3O. The minimum absolute atomic E-state index is 0.202. The second kappa shape index (κ2) is 6.65. The van der Waals surface area contributed by atoms with Gasteiger partial charge in [0.1, 0.15) is 5.82 Å². The van der Waals surface area contributed by atoms with E-state index in [4.69, 9.17) is 0 Å². The summed E-state index contributed by atoms with van der Waals surface area (Å²) < 4.78 is 13.0. The Balaban J connectivity index is 1.53. The molecule has 0 aliphatic carbocycles. The molecule has 2 fully saturated rings. The van der Waals surface area contributed by atoms with Gasteiger partial charge in [-0.2, -0.15) is 0 Å². The molecule has 0 radical (unpaired) electrons. The van der Waals surface area contributed by atoms with Crippen LogP contribution in [0.3, 0.4) is 0 Å². The fourth-order valence-electron chi connectivity index (χ4n) is 3.35. The summed E-state index contributed by atoms with van der Waals surface area (Å²) in [6, 6.07) is 6.60. The van der Waals surface area contributed by atoms with Crippen LogP contribution in [0.2, 0.25) is 0 Å². The van der Waals surface area contributed by atoms with E-state index in [2.05, 4.69) is 16.8 Å². The Labute approximate surface area is 131 Å². The molecule has 2 aliphatic rings. The predicted octanol–water partition coefficient (Wildman–Crippen LogP) is 1.82. The Hall–Kier alpha value is -1.62. The van der Waals surface area contributed by atoms with Gasteiger partial charge in [0.05, 0.1) is 0 Å². The number of anilines is 1. The molecule has 0 atom stereocenters. The third-order valence-electron chi connectivity index (χ3n) is 4.85. The van der Waals surface area contributed by atoms with Gasteiger partial charge in [0.2, 0.25) is 5.91 Å². The summed E-state index contributed by atoms with van der Waals surface area (Å²) >= 11 is 0. The first-order chi connectivity index (χ1) is 10.6. The Bertz CT molecular complexity index is 503. The lowest BCUT2D eigenvalue weighted by Crippen LogP contribution is -2.51. The Morgan fingerprint density at radius 1 is 1.00 bits per heavy atom. The molecule has 1 aromatic carbocycles. The van der Waals surface area contributed by atoms with Gasteiger partial charge in [-0.1, -0.05) is 0 Å². The number of rotatable bonds is 2. The van der Waals surface area contributed by atoms with Gasteiger partial charge in [-0.15, -0.1) is 0 Å². The molecule has 4 nitrogen and oxygen atoms in total. The maximum absolute atomic E-state index is 13.0. The largest absolute Gasteiger partial charge is 0.368 e. The molecule has 0 aromatic heterocycles. The summed E-state index contributed by atoms with van der Waals surface area (Å²) in [6.07, 6.45) is 1.96. The molecule has 2 heterocycles. The van der Waals surface area contributed by atoms with Crippen molar-refractivity contribution in [2.45, 2.75) is 12.8 Å². The summed E-state index contributed by atoms with van der Waals surface area (Å²) in [5.41, 5.74) is 1.03. The number of piperidine rings is 1. The number of benzene rings is 1. The SMILES string of the molecule is CN1CCC(C(=O)N2CCN(c3ccc(F)cc3)CC2)CC1. The first-order valence-electron chi connectivity index (χ1n) is 8.11. The quantitative estimate of drug-likeness (QED) is 0.834. The summed E-state index contributed by atoms with van der Waals surface area (Å²) in [5, 5.41) is 0. The van der Waals surface area contributed by atoms with E-state index in [1.807, 2.05) is 17.0 Å². The van der Waals surface area contributed by atoms with E-state index in [0.29, 0.717) is 5.91 Å². The number of nitrogens with zero attached hydrogens (tertiary/aromatic N) is 3. The second-order valence-corrected chi connectivity index (χ2v) is 6.37. The van der Waals surface area contributed by atoms with Crippen LogP contribution in [0.5, 0.6) is 0 Å². The van der Waals surface area contributed by atoms with E-state index in [0.717, 1.165) is 57.8 Å². The van der Waals surface area contributed by atoms with Crippen LogP contribution < -0.4 is 4.90 Å². The highest BCUT2D eigenvalue weighted by Crippen LogP contribution is 2.21. The van der Waals surface area contributed by atoms with E-state index in [9.17, 15) is 9.18 Å². The van der Waals surface area contributed by atoms with Crippen LogP contribution in [0.4, 0.5) is 10.1 Å². The number of carbonyl (C=O) groups is 1. The van der Waals surface area contributed by atoms with Gasteiger partial charge in [-0.05, 0) is 57.2 Å². The number of amides is 1. The van der Waals surface area contributed by atoms with Crippen LogP contribution in [0.1, 0.15) is 12.8 Å². The number of halogens is 1. The van der Waals surface area contributed by atoms with Crippen LogP contribution in [0, 0.1) is 11.7 Å². The molecule has 0 saturated carbocycles. The Morgan fingerprint density at radius 3 is 2.18 bits per heavy atom. The molecule has 0 spiro atoms. The zero-order valence-electron chi connectivity index (χ0n) is 13.2. The number of carbonyl (C=O) groups excluding carboxylic acids is 1.